The Morgan fingerprint density at radius 3 is 2.28 bits per heavy atom. The van der Waals surface area contributed by atoms with Crippen LogP contribution in [0.5, 0.6) is 0 Å². The molecule has 2 aromatic carbocycles. The number of nitrogens with zero attached hydrogens (tertiary/aromatic N) is 2. The number of aromatic nitrogens is 1. The van der Waals surface area contributed by atoms with Gasteiger partial charge in [0.15, 0.2) is 0 Å². The van der Waals surface area contributed by atoms with Crippen LogP contribution >= 0.6 is 11.6 Å². The Bertz CT molecular complexity index is 1060. The highest BCUT2D eigenvalue weighted by Crippen LogP contribution is 2.17. The molecule has 0 aliphatic rings. The number of anilines is 1. The van der Waals surface area contributed by atoms with Crippen LogP contribution in [0.25, 0.3) is 0 Å². The summed E-state index contributed by atoms with van der Waals surface area (Å²) in [7, 11) is 1.60. The van der Waals surface area contributed by atoms with Gasteiger partial charge in [0.05, 0.1) is 5.56 Å². The Morgan fingerprint density at radius 2 is 1.69 bits per heavy atom. The number of amides is 2. The lowest BCUT2D eigenvalue weighted by atomic mass is 10.1. The van der Waals surface area contributed by atoms with E-state index in [0.29, 0.717) is 10.7 Å². The molecular formula is C23H20ClF2N3O3. The summed E-state index contributed by atoms with van der Waals surface area (Å²) in [6.45, 7) is 0.401. The quantitative estimate of drug-likeness (QED) is 0.492. The summed E-state index contributed by atoms with van der Waals surface area (Å²) in [6.07, 6.45) is -2.14. The van der Waals surface area contributed by atoms with E-state index in [9.17, 15) is 18.4 Å². The van der Waals surface area contributed by atoms with Gasteiger partial charge >= 0.3 is 6.09 Å². The van der Waals surface area contributed by atoms with Crippen LogP contribution in [0.3, 0.4) is 0 Å². The molecule has 9 heteroatoms. The van der Waals surface area contributed by atoms with E-state index in [4.69, 9.17) is 16.3 Å². The second-order valence-corrected chi connectivity index (χ2v) is 7.39. The third-order valence-electron chi connectivity index (χ3n) is 4.51. The molecule has 0 bridgehead atoms. The van der Waals surface area contributed by atoms with Gasteiger partial charge in [0.1, 0.15) is 12.3 Å². The van der Waals surface area contributed by atoms with Crippen LogP contribution in [-0.4, -0.2) is 28.9 Å². The summed E-state index contributed by atoms with van der Waals surface area (Å²) in [5.41, 5.74) is 2.01. The zero-order valence-electron chi connectivity index (χ0n) is 17.1. The zero-order chi connectivity index (χ0) is 23.1. The van der Waals surface area contributed by atoms with E-state index in [1.807, 2.05) is 0 Å². The molecule has 0 spiro atoms. The minimum atomic E-state index is -2.68. The number of carbonyl (C=O) groups excluding carboxylic acids is 2. The van der Waals surface area contributed by atoms with Gasteiger partial charge in [0.2, 0.25) is 0 Å². The van der Waals surface area contributed by atoms with Crippen molar-refractivity contribution in [2.24, 2.45) is 0 Å². The standard InChI is InChI=1S/C23H20ClF2N3O3/c1-29(22(30)17-6-11-20(21(25)26)27-12-17)13-15-4-9-19(10-5-15)28-23(31)32-14-16-2-7-18(24)8-3-16/h2-12,21H,13-14H2,1H3,(H,28,31). The molecule has 2 amide bonds. The highest BCUT2D eigenvalue weighted by Gasteiger charge is 2.15. The minimum absolute atomic E-state index is 0.112. The van der Waals surface area contributed by atoms with Crippen LogP contribution in [-0.2, 0) is 17.9 Å². The molecule has 1 aromatic heterocycles. The molecule has 0 saturated heterocycles. The largest absolute Gasteiger partial charge is 0.444 e. The number of benzene rings is 2. The van der Waals surface area contributed by atoms with Crippen molar-refractivity contribution < 1.29 is 23.1 Å². The summed E-state index contributed by atoms with van der Waals surface area (Å²) in [4.78, 5) is 29.5. The van der Waals surface area contributed by atoms with Crippen molar-refractivity contribution in [3.63, 3.8) is 0 Å². The van der Waals surface area contributed by atoms with E-state index in [0.717, 1.165) is 23.4 Å². The maximum Gasteiger partial charge on any atom is 0.411 e. The monoisotopic (exact) mass is 459 g/mol. The molecular weight excluding hydrogens is 440 g/mol. The number of nitrogens with one attached hydrogen (secondary N) is 1. The molecule has 0 aliphatic heterocycles. The second-order valence-electron chi connectivity index (χ2n) is 6.96. The third kappa shape index (κ3) is 6.49. The first kappa shape index (κ1) is 23.1. The lowest BCUT2D eigenvalue weighted by molar-refractivity contribution is 0.0784. The van der Waals surface area contributed by atoms with Crippen LogP contribution in [0, 0.1) is 0 Å². The van der Waals surface area contributed by atoms with Gasteiger partial charge in [-0.15, -0.1) is 0 Å². The molecule has 1 N–H and O–H groups in total. The van der Waals surface area contributed by atoms with Crippen molar-refractivity contribution >= 4 is 29.3 Å². The molecule has 0 radical (unpaired) electrons. The first-order chi connectivity index (χ1) is 15.3. The molecule has 0 atom stereocenters. The summed E-state index contributed by atoms with van der Waals surface area (Å²) in [5, 5.41) is 3.23. The number of pyridine rings is 1. The van der Waals surface area contributed by atoms with Gasteiger partial charge in [0.25, 0.3) is 12.3 Å². The average molecular weight is 460 g/mol. The summed E-state index contributed by atoms with van der Waals surface area (Å²) < 4.78 is 30.4. The van der Waals surface area contributed by atoms with Gasteiger partial charge in [-0.1, -0.05) is 35.9 Å². The van der Waals surface area contributed by atoms with Gasteiger partial charge in [-0.3, -0.25) is 15.1 Å². The topological polar surface area (TPSA) is 71.5 Å². The molecule has 3 rings (SSSR count). The van der Waals surface area contributed by atoms with E-state index in [2.05, 4.69) is 10.3 Å². The number of halogens is 3. The summed E-state index contributed by atoms with van der Waals surface area (Å²) >= 11 is 5.82. The van der Waals surface area contributed by atoms with Crippen LogP contribution in [0.4, 0.5) is 19.3 Å². The number of rotatable bonds is 7. The van der Waals surface area contributed by atoms with Crippen molar-refractivity contribution in [1.29, 1.82) is 0 Å². The van der Waals surface area contributed by atoms with Gasteiger partial charge in [-0.25, -0.2) is 13.6 Å². The van der Waals surface area contributed by atoms with Crippen molar-refractivity contribution in [3.8, 4) is 0 Å². The normalized spacial score (nSPS) is 10.7. The molecule has 6 nitrogen and oxygen atoms in total. The van der Waals surface area contributed by atoms with Crippen LogP contribution < -0.4 is 5.32 Å². The smallest absolute Gasteiger partial charge is 0.411 e. The zero-order valence-corrected chi connectivity index (χ0v) is 17.9. The number of carbonyl (C=O) groups is 2. The van der Waals surface area contributed by atoms with Gasteiger partial charge in [-0.2, -0.15) is 0 Å². The van der Waals surface area contributed by atoms with Gasteiger partial charge in [-0.05, 0) is 47.5 Å². The van der Waals surface area contributed by atoms with Crippen molar-refractivity contribution in [1.82, 2.24) is 9.88 Å². The molecule has 3 aromatic rings. The van der Waals surface area contributed by atoms with Crippen molar-refractivity contribution in [2.75, 3.05) is 12.4 Å². The molecule has 0 aliphatic carbocycles. The SMILES string of the molecule is CN(Cc1ccc(NC(=O)OCc2ccc(Cl)cc2)cc1)C(=O)c1ccc(C(F)F)nc1. The first-order valence-electron chi connectivity index (χ1n) is 9.58. The second kappa shape index (κ2) is 10.7. The first-order valence-corrected chi connectivity index (χ1v) is 9.96. The number of hydrogen-bond donors (Lipinski definition) is 1. The fourth-order valence-corrected chi connectivity index (χ4v) is 2.93. The molecule has 0 fully saturated rings. The fraction of sp³-hybridized carbons (Fsp3) is 0.174. The van der Waals surface area contributed by atoms with E-state index in [1.54, 1.807) is 55.6 Å². The van der Waals surface area contributed by atoms with Crippen LogP contribution in [0.15, 0.2) is 66.9 Å². The minimum Gasteiger partial charge on any atom is -0.444 e. The van der Waals surface area contributed by atoms with Crippen LogP contribution in [0.1, 0.15) is 33.6 Å². The predicted molar refractivity (Wildman–Crippen MR) is 117 cm³/mol. The van der Waals surface area contributed by atoms with Gasteiger partial charge < -0.3 is 9.64 Å². The Hall–Kier alpha value is -3.52. The number of ether oxygens (including phenoxy) is 1. The van der Waals surface area contributed by atoms with E-state index >= 15 is 0 Å². The molecule has 166 valence electrons. The summed E-state index contributed by atoms with van der Waals surface area (Å²) in [6, 6.07) is 16.3. The third-order valence-corrected chi connectivity index (χ3v) is 4.76. The van der Waals surface area contributed by atoms with Crippen LogP contribution in [0.2, 0.25) is 5.02 Å². The maximum absolute atomic E-state index is 12.6. The van der Waals surface area contributed by atoms with E-state index in [-0.39, 0.29) is 30.3 Å². The Labute approximate surface area is 188 Å². The molecule has 32 heavy (non-hydrogen) atoms. The van der Waals surface area contributed by atoms with Gasteiger partial charge in [0, 0.05) is 30.5 Å². The Balaban J connectivity index is 1.50. The molecule has 1 heterocycles. The maximum atomic E-state index is 12.6. The molecule has 0 saturated carbocycles. The highest BCUT2D eigenvalue weighted by molar-refractivity contribution is 6.30. The Kier molecular flexibility index (Phi) is 7.72. The van der Waals surface area contributed by atoms with E-state index < -0.39 is 12.5 Å². The van der Waals surface area contributed by atoms with E-state index in [1.165, 1.54) is 11.0 Å². The fourth-order valence-electron chi connectivity index (χ4n) is 2.80. The predicted octanol–water partition coefficient (Wildman–Crippen LogP) is 5.69. The lowest BCUT2D eigenvalue weighted by Gasteiger charge is -2.17. The number of hydrogen-bond acceptors (Lipinski definition) is 4. The summed E-state index contributed by atoms with van der Waals surface area (Å²) in [5.74, 6) is -0.341. The van der Waals surface area contributed by atoms with Crippen molar-refractivity contribution in [2.45, 2.75) is 19.6 Å². The lowest BCUT2D eigenvalue weighted by Crippen LogP contribution is -2.26. The highest BCUT2D eigenvalue weighted by atomic mass is 35.5. The average Bonchev–Trinajstić information content (AvgIpc) is 2.79. The Morgan fingerprint density at radius 1 is 1.03 bits per heavy atom. The molecule has 0 unspecified atom stereocenters. The number of alkyl halides is 2. The van der Waals surface area contributed by atoms with Crippen molar-refractivity contribution in [3.05, 3.63) is 94.3 Å².